The predicted molar refractivity (Wildman–Crippen MR) is 65.2 cm³/mol. The van der Waals surface area contributed by atoms with E-state index in [9.17, 15) is 18.0 Å². The molecule has 3 N–H and O–H groups in total. The highest BCUT2D eigenvalue weighted by atomic mass is 32.2. The SMILES string of the molecule is C[C@@H](NS(=O)(=O)c1cccc(CC(=O)O)c1)C(=O)O. The van der Waals surface area contributed by atoms with Crippen LogP contribution in [0.25, 0.3) is 0 Å². The number of carbonyl (C=O) groups is 2. The average Bonchev–Trinajstić information content (AvgIpc) is 2.27. The highest BCUT2D eigenvalue weighted by Gasteiger charge is 2.21. The first-order valence-electron chi connectivity index (χ1n) is 5.28. The van der Waals surface area contributed by atoms with Crippen molar-refractivity contribution in [3.63, 3.8) is 0 Å². The van der Waals surface area contributed by atoms with E-state index in [4.69, 9.17) is 10.2 Å². The molecule has 8 heteroatoms. The summed E-state index contributed by atoms with van der Waals surface area (Å²) in [7, 11) is -3.99. The standard InChI is InChI=1S/C11H13NO6S/c1-7(11(15)16)12-19(17,18)9-4-2-3-8(5-9)6-10(13)14/h2-5,7,12H,6H2,1H3,(H,13,14)(H,15,16)/t7-/m1/s1. The summed E-state index contributed by atoms with van der Waals surface area (Å²) in [6.07, 6.45) is -0.308. The molecule has 1 atom stereocenters. The van der Waals surface area contributed by atoms with Gasteiger partial charge in [0.05, 0.1) is 11.3 Å². The summed E-state index contributed by atoms with van der Waals surface area (Å²) in [5.74, 6) is -2.38. The first-order chi connectivity index (χ1) is 8.72. The van der Waals surface area contributed by atoms with Crippen molar-refractivity contribution in [2.24, 2.45) is 0 Å². The molecule has 0 heterocycles. The minimum atomic E-state index is -3.99. The van der Waals surface area contributed by atoms with Crippen LogP contribution in [-0.4, -0.2) is 36.6 Å². The zero-order valence-corrected chi connectivity index (χ0v) is 10.8. The number of sulfonamides is 1. The molecule has 0 aromatic heterocycles. The maximum Gasteiger partial charge on any atom is 0.321 e. The summed E-state index contributed by atoms with van der Waals surface area (Å²) < 4.78 is 25.7. The smallest absolute Gasteiger partial charge is 0.321 e. The van der Waals surface area contributed by atoms with Gasteiger partial charge in [0.1, 0.15) is 6.04 Å². The molecule has 0 unspecified atom stereocenters. The Balaban J connectivity index is 3.01. The normalized spacial score (nSPS) is 12.9. The number of aliphatic carboxylic acids is 2. The molecule has 19 heavy (non-hydrogen) atoms. The zero-order valence-electron chi connectivity index (χ0n) is 10.0. The molecule has 0 amide bonds. The maximum atomic E-state index is 11.9. The molecule has 0 aliphatic rings. The Hall–Kier alpha value is -1.93. The Labute approximate surface area is 109 Å². The van der Waals surface area contributed by atoms with E-state index in [0.717, 1.165) is 0 Å². The van der Waals surface area contributed by atoms with Crippen molar-refractivity contribution < 1.29 is 28.2 Å². The zero-order chi connectivity index (χ0) is 14.6. The second kappa shape index (κ2) is 5.81. The molecule has 7 nitrogen and oxygen atoms in total. The van der Waals surface area contributed by atoms with E-state index in [1.807, 2.05) is 4.72 Å². The summed E-state index contributed by atoms with van der Waals surface area (Å²) in [5, 5.41) is 17.3. The lowest BCUT2D eigenvalue weighted by Crippen LogP contribution is -2.38. The van der Waals surface area contributed by atoms with E-state index in [-0.39, 0.29) is 11.3 Å². The molecule has 0 spiro atoms. The minimum Gasteiger partial charge on any atom is -0.481 e. The number of hydrogen-bond acceptors (Lipinski definition) is 4. The van der Waals surface area contributed by atoms with Crippen LogP contribution in [0.15, 0.2) is 29.2 Å². The topological polar surface area (TPSA) is 121 Å². The Morgan fingerprint density at radius 3 is 2.47 bits per heavy atom. The van der Waals surface area contributed by atoms with Gasteiger partial charge in [0.25, 0.3) is 0 Å². The fourth-order valence-electron chi connectivity index (χ4n) is 1.35. The van der Waals surface area contributed by atoms with Gasteiger partial charge in [-0.3, -0.25) is 9.59 Å². The van der Waals surface area contributed by atoms with Crippen molar-refractivity contribution in [2.45, 2.75) is 24.3 Å². The highest BCUT2D eigenvalue weighted by molar-refractivity contribution is 7.89. The van der Waals surface area contributed by atoms with Gasteiger partial charge in [-0.15, -0.1) is 0 Å². The molecule has 0 radical (unpaired) electrons. The third-order valence-electron chi connectivity index (χ3n) is 2.27. The lowest BCUT2D eigenvalue weighted by molar-refractivity contribution is -0.138. The molecule has 1 aromatic carbocycles. The summed E-state index contributed by atoms with van der Waals surface area (Å²) in [4.78, 5) is 21.0. The fraction of sp³-hybridized carbons (Fsp3) is 0.273. The summed E-state index contributed by atoms with van der Waals surface area (Å²) in [6.45, 7) is 1.20. The second-order valence-electron chi connectivity index (χ2n) is 3.90. The van der Waals surface area contributed by atoms with Gasteiger partial charge in [-0.1, -0.05) is 12.1 Å². The van der Waals surface area contributed by atoms with Crippen LogP contribution in [0.3, 0.4) is 0 Å². The van der Waals surface area contributed by atoms with Crippen molar-refractivity contribution in [1.82, 2.24) is 4.72 Å². The van der Waals surface area contributed by atoms with Crippen LogP contribution < -0.4 is 4.72 Å². The van der Waals surface area contributed by atoms with Crippen LogP contribution in [0.1, 0.15) is 12.5 Å². The maximum absolute atomic E-state index is 11.9. The van der Waals surface area contributed by atoms with Gasteiger partial charge >= 0.3 is 11.9 Å². The summed E-state index contributed by atoms with van der Waals surface area (Å²) in [6, 6.07) is 4.08. The summed E-state index contributed by atoms with van der Waals surface area (Å²) >= 11 is 0. The van der Waals surface area contributed by atoms with Crippen molar-refractivity contribution in [2.75, 3.05) is 0 Å². The number of rotatable bonds is 6. The van der Waals surface area contributed by atoms with Crippen LogP contribution in [0.5, 0.6) is 0 Å². The van der Waals surface area contributed by atoms with Crippen LogP contribution in [0, 0.1) is 0 Å². The Morgan fingerprint density at radius 1 is 1.32 bits per heavy atom. The van der Waals surface area contributed by atoms with Crippen LogP contribution in [0.4, 0.5) is 0 Å². The monoisotopic (exact) mass is 287 g/mol. The van der Waals surface area contributed by atoms with E-state index in [1.165, 1.54) is 31.2 Å². The van der Waals surface area contributed by atoms with Gasteiger partial charge in [-0.05, 0) is 24.6 Å². The van der Waals surface area contributed by atoms with Crippen LogP contribution in [0.2, 0.25) is 0 Å². The number of carboxylic acid groups (broad SMARTS) is 2. The third-order valence-corrected chi connectivity index (χ3v) is 3.80. The molecule has 0 fully saturated rings. The van der Waals surface area contributed by atoms with Crippen LogP contribution >= 0.6 is 0 Å². The van der Waals surface area contributed by atoms with E-state index >= 15 is 0 Å². The molecule has 1 aromatic rings. The number of benzene rings is 1. The van der Waals surface area contributed by atoms with Crippen molar-refractivity contribution in [1.29, 1.82) is 0 Å². The molecule has 0 saturated heterocycles. The van der Waals surface area contributed by atoms with Gasteiger partial charge in [-0.2, -0.15) is 4.72 Å². The van der Waals surface area contributed by atoms with Gasteiger partial charge in [0.2, 0.25) is 10.0 Å². The molecule has 0 aliphatic heterocycles. The van der Waals surface area contributed by atoms with Crippen LogP contribution in [-0.2, 0) is 26.0 Å². The first-order valence-corrected chi connectivity index (χ1v) is 6.76. The third kappa shape index (κ3) is 4.34. The van der Waals surface area contributed by atoms with E-state index in [0.29, 0.717) is 5.56 Å². The number of carboxylic acids is 2. The average molecular weight is 287 g/mol. The summed E-state index contributed by atoms with van der Waals surface area (Å²) in [5.41, 5.74) is 0.318. The van der Waals surface area contributed by atoms with Crippen molar-refractivity contribution >= 4 is 22.0 Å². The molecule has 0 bridgehead atoms. The van der Waals surface area contributed by atoms with Gasteiger partial charge < -0.3 is 10.2 Å². The molecule has 0 aliphatic carbocycles. The molecular formula is C11H13NO6S. The first kappa shape index (κ1) is 15.1. The molecular weight excluding hydrogens is 274 g/mol. The molecule has 104 valence electrons. The molecule has 1 rings (SSSR count). The highest BCUT2D eigenvalue weighted by Crippen LogP contribution is 2.12. The van der Waals surface area contributed by atoms with Gasteiger partial charge in [0.15, 0.2) is 0 Å². The van der Waals surface area contributed by atoms with E-state index < -0.39 is 28.0 Å². The number of hydrogen-bond donors (Lipinski definition) is 3. The Bertz CT molecular complexity index is 595. The Morgan fingerprint density at radius 2 is 1.95 bits per heavy atom. The minimum absolute atomic E-state index is 0.167. The van der Waals surface area contributed by atoms with Gasteiger partial charge in [0, 0.05) is 0 Å². The van der Waals surface area contributed by atoms with Crippen molar-refractivity contribution in [3.8, 4) is 0 Å². The second-order valence-corrected chi connectivity index (χ2v) is 5.61. The lowest BCUT2D eigenvalue weighted by atomic mass is 10.2. The van der Waals surface area contributed by atoms with Gasteiger partial charge in [-0.25, -0.2) is 8.42 Å². The van der Waals surface area contributed by atoms with E-state index in [2.05, 4.69) is 0 Å². The number of nitrogens with one attached hydrogen (secondary N) is 1. The molecule has 0 saturated carbocycles. The predicted octanol–water partition coefficient (Wildman–Crippen LogP) is 0.0651. The van der Waals surface area contributed by atoms with E-state index in [1.54, 1.807) is 0 Å². The largest absolute Gasteiger partial charge is 0.481 e. The quantitative estimate of drug-likeness (QED) is 0.680. The Kier molecular flexibility index (Phi) is 4.62. The lowest BCUT2D eigenvalue weighted by Gasteiger charge is -2.10. The van der Waals surface area contributed by atoms with Crippen molar-refractivity contribution in [3.05, 3.63) is 29.8 Å². The fourth-order valence-corrected chi connectivity index (χ4v) is 2.62.